The van der Waals surface area contributed by atoms with Crippen molar-refractivity contribution in [3.05, 3.63) is 83.8 Å². The molecule has 5 rings (SSSR count). The van der Waals surface area contributed by atoms with E-state index in [0.717, 1.165) is 48.5 Å². The molecule has 0 unspecified atom stereocenters. The largest absolute Gasteiger partial charge is 0.370 e. The molecule has 1 fully saturated rings. The van der Waals surface area contributed by atoms with Crippen LogP contribution in [-0.4, -0.2) is 52.1 Å². The molecule has 0 aliphatic carbocycles. The number of amides is 2. The van der Waals surface area contributed by atoms with Gasteiger partial charge in [-0.05, 0) is 73.9 Å². The zero-order chi connectivity index (χ0) is 26.5. The van der Waals surface area contributed by atoms with Crippen molar-refractivity contribution in [2.45, 2.75) is 32.2 Å². The molecule has 0 spiro atoms. The van der Waals surface area contributed by atoms with Crippen LogP contribution in [-0.2, 0) is 11.2 Å². The quantitative estimate of drug-likeness (QED) is 0.331. The van der Waals surface area contributed by atoms with E-state index in [1.165, 1.54) is 12.1 Å². The number of pyridine rings is 1. The summed E-state index contributed by atoms with van der Waals surface area (Å²) in [6.07, 6.45) is 3.88. The van der Waals surface area contributed by atoms with E-state index >= 15 is 0 Å². The summed E-state index contributed by atoms with van der Waals surface area (Å²) in [4.78, 5) is 31.2. The van der Waals surface area contributed by atoms with Crippen LogP contribution in [0.1, 0.15) is 35.7 Å². The molecule has 1 aliphatic heterocycles. The lowest BCUT2D eigenvalue weighted by atomic mass is 10.0. The van der Waals surface area contributed by atoms with Crippen molar-refractivity contribution < 1.29 is 14.0 Å². The van der Waals surface area contributed by atoms with E-state index in [4.69, 9.17) is 0 Å². The molecular formula is C28H30FN7O2. The first kappa shape index (κ1) is 25.2. The second-order valence-corrected chi connectivity index (χ2v) is 9.32. The fourth-order valence-electron chi connectivity index (χ4n) is 4.56. The molecule has 10 heteroatoms. The molecule has 196 valence electrons. The van der Waals surface area contributed by atoms with Gasteiger partial charge in [0.2, 0.25) is 11.9 Å². The Kier molecular flexibility index (Phi) is 7.48. The van der Waals surface area contributed by atoms with Crippen LogP contribution >= 0.6 is 0 Å². The van der Waals surface area contributed by atoms with Crippen LogP contribution in [0.2, 0.25) is 0 Å². The Morgan fingerprint density at radius 2 is 1.74 bits per heavy atom. The van der Waals surface area contributed by atoms with Crippen molar-refractivity contribution in [3.63, 3.8) is 0 Å². The summed E-state index contributed by atoms with van der Waals surface area (Å²) < 4.78 is 14.8. The first-order chi connectivity index (χ1) is 18.5. The number of hydrogen-bond donors (Lipinski definition) is 3. The lowest BCUT2D eigenvalue weighted by Gasteiger charge is -2.33. The van der Waals surface area contributed by atoms with Crippen molar-refractivity contribution in [1.82, 2.24) is 25.2 Å². The number of rotatable bonds is 8. The first-order valence-corrected chi connectivity index (χ1v) is 12.8. The number of carbonyl (C=O) groups excluding carboxylic acids is 2. The molecule has 2 aromatic heterocycles. The van der Waals surface area contributed by atoms with Crippen LogP contribution in [0.15, 0.2) is 66.9 Å². The number of benzene rings is 2. The summed E-state index contributed by atoms with van der Waals surface area (Å²) in [5, 5.41) is 13.6. The fourth-order valence-corrected chi connectivity index (χ4v) is 4.56. The second-order valence-electron chi connectivity index (χ2n) is 9.32. The molecule has 3 heterocycles. The van der Waals surface area contributed by atoms with Gasteiger partial charge in [-0.3, -0.25) is 9.59 Å². The maximum absolute atomic E-state index is 13.1. The number of carbonyl (C=O) groups is 2. The van der Waals surface area contributed by atoms with Crippen LogP contribution in [0.25, 0.3) is 5.65 Å². The molecule has 3 N–H and O–H groups in total. The Morgan fingerprint density at radius 1 is 1.00 bits per heavy atom. The van der Waals surface area contributed by atoms with Crippen LogP contribution < -0.4 is 20.9 Å². The molecule has 1 saturated heterocycles. The SMILES string of the molecule is CCNC(=O)c1ccc(Nc2nc3ccc(N4CCC(NC(=O)Cc5ccc(F)cc5)CC4)cn3n2)cc1. The van der Waals surface area contributed by atoms with Crippen LogP contribution in [0, 0.1) is 5.82 Å². The zero-order valence-electron chi connectivity index (χ0n) is 21.2. The van der Waals surface area contributed by atoms with Gasteiger partial charge in [-0.2, -0.15) is 4.98 Å². The number of fused-ring (bicyclic) bond motifs is 1. The smallest absolute Gasteiger partial charge is 0.251 e. The molecule has 2 amide bonds. The topological polar surface area (TPSA) is 104 Å². The summed E-state index contributed by atoms with van der Waals surface area (Å²) >= 11 is 0. The average Bonchev–Trinajstić information content (AvgIpc) is 3.32. The van der Waals surface area contributed by atoms with Gasteiger partial charge in [0.15, 0.2) is 5.65 Å². The van der Waals surface area contributed by atoms with Gasteiger partial charge in [-0.1, -0.05) is 12.1 Å². The molecule has 0 atom stereocenters. The van der Waals surface area contributed by atoms with E-state index < -0.39 is 0 Å². The maximum atomic E-state index is 13.1. The third-order valence-corrected chi connectivity index (χ3v) is 6.56. The first-order valence-electron chi connectivity index (χ1n) is 12.8. The minimum atomic E-state index is -0.303. The van der Waals surface area contributed by atoms with Gasteiger partial charge in [0, 0.05) is 36.9 Å². The Morgan fingerprint density at radius 3 is 2.45 bits per heavy atom. The van der Waals surface area contributed by atoms with E-state index in [-0.39, 0.29) is 30.1 Å². The van der Waals surface area contributed by atoms with Gasteiger partial charge in [-0.15, -0.1) is 5.10 Å². The third-order valence-electron chi connectivity index (χ3n) is 6.56. The van der Waals surface area contributed by atoms with Crippen molar-refractivity contribution in [2.24, 2.45) is 0 Å². The fraction of sp³-hybridized carbons (Fsp3) is 0.286. The number of piperidine rings is 1. The third kappa shape index (κ3) is 6.08. The lowest BCUT2D eigenvalue weighted by molar-refractivity contribution is -0.121. The summed E-state index contributed by atoms with van der Waals surface area (Å²) in [7, 11) is 0. The highest BCUT2D eigenvalue weighted by Gasteiger charge is 2.21. The monoisotopic (exact) mass is 515 g/mol. The van der Waals surface area contributed by atoms with Crippen LogP contribution in [0.4, 0.5) is 21.7 Å². The standard InChI is InChI=1S/C28H30FN7O2/c1-2-30-27(38)20-5-9-22(10-6-20)32-28-33-25-12-11-24(18-36(25)34-28)35-15-13-23(14-16-35)31-26(37)17-19-3-7-21(29)8-4-19/h3-12,18,23H,2,13-17H2,1H3,(H,30,38)(H,31,37)(H,32,34). The Hall–Kier alpha value is -4.47. The minimum Gasteiger partial charge on any atom is -0.370 e. The normalized spacial score (nSPS) is 13.9. The predicted octanol–water partition coefficient (Wildman–Crippen LogP) is 3.69. The van der Waals surface area contributed by atoms with E-state index in [1.54, 1.807) is 28.8 Å². The molecule has 1 aliphatic rings. The van der Waals surface area contributed by atoms with E-state index in [2.05, 4.69) is 30.9 Å². The highest BCUT2D eigenvalue weighted by Crippen LogP contribution is 2.22. The lowest BCUT2D eigenvalue weighted by Crippen LogP contribution is -2.45. The van der Waals surface area contributed by atoms with Crippen molar-refractivity contribution in [2.75, 3.05) is 29.9 Å². The van der Waals surface area contributed by atoms with Gasteiger partial charge < -0.3 is 20.9 Å². The second kappa shape index (κ2) is 11.3. The number of anilines is 3. The Bertz CT molecular complexity index is 1410. The predicted molar refractivity (Wildman–Crippen MR) is 144 cm³/mol. The van der Waals surface area contributed by atoms with Gasteiger partial charge in [0.1, 0.15) is 5.82 Å². The minimum absolute atomic E-state index is 0.0435. The van der Waals surface area contributed by atoms with E-state index in [0.29, 0.717) is 18.1 Å². The van der Waals surface area contributed by atoms with Crippen molar-refractivity contribution in [3.8, 4) is 0 Å². The van der Waals surface area contributed by atoms with Crippen molar-refractivity contribution >= 4 is 34.8 Å². The number of nitrogens with zero attached hydrogens (tertiary/aromatic N) is 4. The molecular weight excluding hydrogens is 485 g/mol. The summed E-state index contributed by atoms with van der Waals surface area (Å²) in [5.41, 5.74) is 3.95. The van der Waals surface area contributed by atoms with Crippen molar-refractivity contribution in [1.29, 1.82) is 0 Å². The molecule has 0 saturated carbocycles. The molecule has 0 bridgehead atoms. The molecule has 0 radical (unpaired) electrons. The number of hydrogen-bond acceptors (Lipinski definition) is 6. The Balaban J connectivity index is 1.15. The van der Waals surface area contributed by atoms with Gasteiger partial charge in [0.05, 0.1) is 18.3 Å². The van der Waals surface area contributed by atoms with Gasteiger partial charge in [0.25, 0.3) is 5.91 Å². The molecule has 9 nitrogen and oxygen atoms in total. The highest BCUT2D eigenvalue weighted by molar-refractivity contribution is 5.94. The van der Waals surface area contributed by atoms with Gasteiger partial charge in [-0.25, -0.2) is 8.91 Å². The number of nitrogens with one attached hydrogen (secondary N) is 3. The van der Waals surface area contributed by atoms with Crippen LogP contribution in [0.3, 0.4) is 0 Å². The number of aromatic nitrogens is 3. The molecule has 38 heavy (non-hydrogen) atoms. The molecule has 2 aromatic carbocycles. The summed E-state index contributed by atoms with van der Waals surface area (Å²) in [6.45, 7) is 4.09. The van der Waals surface area contributed by atoms with E-state index in [1.807, 2.05) is 37.4 Å². The van der Waals surface area contributed by atoms with Gasteiger partial charge >= 0.3 is 0 Å². The summed E-state index contributed by atoms with van der Waals surface area (Å²) in [6, 6.07) is 17.3. The number of halogens is 1. The maximum Gasteiger partial charge on any atom is 0.251 e. The Labute approximate surface area is 220 Å². The highest BCUT2D eigenvalue weighted by atomic mass is 19.1. The average molecular weight is 516 g/mol. The van der Waals surface area contributed by atoms with Crippen LogP contribution in [0.5, 0.6) is 0 Å². The molecule has 4 aromatic rings. The zero-order valence-corrected chi connectivity index (χ0v) is 21.2. The van der Waals surface area contributed by atoms with E-state index in [9.17, 15) is 14.0 Å². The summed E-state index contributed by atoms with van der Waals surface area (Å²) in [5.74, 6) is 0.0181.